The number of benzene rings is 6. The SMILES string of the molecule is C1=CC(c2ccc(N(C3=CC=C(c4ccc(-c5ccccc5)cc4)C4=CC43)c3ccc(-c4ccc5ccccc5n4)cc3)cc2)Nc2ccccc21. The Morgan fingerprint density at radius 1 is 0.538 bits per heavy atom. The maximum absolute atomic E-state index is 4.96. The van der Waals surface area contributed by atoms with Crippen molar-refractivity contribution in [3.05, 3.63) is 216 Å². The molecule has 1 aliphatic heterocycles. The zero-order valence-corrected chi connectivity index (χ0v) is 28.5. The van der Waals surface area contributed by atoms with Crippen LogP contribution < -0.4 is 10.2 Å². The number of aromatic nitrogens is 1. The number of hydrogen-bond donors (Lipinski definition) is 1. The largest absolute Gasteiger partial charge is 0.374 e. The minimum atomic E-state index is 0.121. The van der Waals surface area contributed by atoms with Gasteiger partial charge in [-0.3, -0.25) is 0 Å². The molecule has 0 saturated heterocycles. The van der Waals surface area contributed by atoms with Crippen LogP contribution in [0.5, 0.6) is 0 Å². The standard InChI is InChI=1S/C49H35N3/c1-2-8-33(9-3-1)34-14-16-35(17-15-34)42-28-31-49(44-32-43(42)44)52(40-24-18-38(19-25-40)47-29-22-36-10-4-6-12-45(36)50-47)41-26-20-39(21-27-41)48-30-23-37-11-5-7-13-46(37)51-48/h1-32,44,47,50H. The minimum absolute atomic E-state index is 0.121. The molecule has 0 fully saturated rings. The van der Waals surface area contributed by atoms with Crippen LogP contribution in [0.2, 0.25) is 0 Å². The van der Waals surface area contributed by atoms with E-state index in [9.17, 15) is 0 Å². The van der Waals surface area contributed by atoms with Gasteiger partial charge in [-0.05, 0) is 87.5 Å². The van der Waals surface area contributed by atoms with E-state index in [-0.39, 0.29) is 12.0 Å². The third-order valence-corrected chi connectivity index (χ3v) is 10.5. The highest BCUT2D eigenvalue weighted by Crippen LogP contribution is 2.51. The first kappa shape index (κ1) is 30.1. The Kier molecular flexibility index (Phi) is 7.28. The summed E-state index contributed by atoms with van der Waals surface area (Å²) >= 11 is 0. The van der Waals surface area contributed by atoms with Gasteiger partial charge in [0.1, 0.15) is 0 Å². The maximum Gasteiger partial charge on any atom is 0.0709 e. The van der Waals surface area contributed by atoms with Crippen LogP contribution in [0.3, 0.4) is 0 Å². The van der Waals surface area contributed by atoms with Gasteiger partial charge in [-0.1, -0.05) is 146 Å². The molecule has 0 spiro atoms. The molecule has 246 valence electrons. The topological polar surface area (TPSA) is 28.2 Å². The lowest BCUT2D eigenvalue weighted by Gasteiger charge is -2.31. The quantitative estimate of drug-likeness (QED) is 0.184. The van der Waals surface area contributed by atoms with Gasteiger partial charge in [0, 0.05) is 39.6 Å². The molecule has 3 aliphatic rings. The number of fused-ring (bicyclic) bond motifs is 3. The van der Waals surface area contributed by atoms with Crippen molar-refractivity contribution in [3.63, 3.8) is 0 Å². The van der Waals surface area contributed by atoms with Gasteiger partial charge in [-0.25, -0.2) is 4.98 Å². The number of anilines is 3. The molecule has 2 unspecified atom stereocenters. The molecule has 0 amide bonds. The zero-order chi connectivity index (χ0) is 34.4. The van der Waals surface area contributed by atoms with Gasteiger partial charge in [0.05, 0.1) is 17.3 Å². The molecule has 6 aromatic carbocycles. The number of nitrogens with zero attached hydrogens (tertiary/aromatic N) is 2. The molecule has 10 rings (SSSR count). The fraction of sp³-hybridized carbons (Fsp3) is 0.0408. The Bertz CT molecular complexity index is 2570. The van der Waals surface area contributed by atoms with Gasteiger partial charge >= 0.3 is 0 Å². The number of rotatable bonds is 7. The second-order valence-corrected chi connectivity index (χ2v) is 13.6. The molecule has 3 nitrogen and oxygen atoms in total. The van der Waals surface area contributed by atoms with Crippen LogP contribution in [-0.4, -0.2) is 4.98 Å². The number of pyridine rings is 1. The van der Waals surface area contributed by atoms with Crippen molar-refractivity contribution in [1.82, 2.24) is 4.98 Å². The molecule has 0 saturated carbocycles. The summed E-state index contributed by atoms with van der Waals surface area (Å²) in [7, 11) is 0. The summed E-state index contributed by atoms with van der Waals surface area (Å²) in [5.41, 5.74) is 16.6. The second kappa shape index (κ2) is 12.6. The highest BCUT2D eigenvalue weighted by Gasteiger charge is 2.37. The van der Waals surface area contributed by atoms with E-state index < -0.39 is 0 Å². The van der Waals surface area contributed by atoms with Crippen LogP contribution in [0.15, 0.2) is 199 Å². The van der Waals surface area contributed by atoms with E-state index in [1.54, 1.807) is 0 Å². The molecule has 52 heavy (non-hydrogen) atoms. The second-order valence-electron chi connectivity index (χ2n) is 13.6. The van der Waals surface area contributed by atoms with E-state index in [1.807, 2.05) is 6.07 Å². The van der Waals surface area contributed by atoms with Crippen molar-refractivity contribution in [2.45, 2.75) is 6.04 Å². The maximum atomic E-state index is 4.96. The molecule has 0 bridgehead atoms. The van der Waals surface area contributed by atoms with E-state index >= 15 is 0 Å². The summed E-state index contributed by atoms with van der Waals surface area (Å²) < 4.78 is 0. The summed E-state index contributed by atoms with van der Waals surface area (Å²) in [5.74, 6) is 0.259. The van der Waals surface area contributed by atoms with Gasteiger partial charge in [0.2, 0.25) is 0 Å². The monoisotopic (exact) mass is 665 g/mol. The number of nitrogens with one attached hydrogen (secondary N) is 1. The highest BCUT2D eigenvalue weighted by atomic mass is 15.2. The van der Waals surface area contributed by atoms with Crippen LogP contribution in [-0.2, 0) is 0 Å². The molecule has 1 N–H and O–H groups in total. The predicted molar refractivity (Wildman–Crippen MR) is 217 cm³/mol. The highest BCUT2D eigenvalue weighted by molar-refractivity contribution is 5.91. The van der Waals surface area contributed by atoms with E-state index in [0.29, 0.717) is 0 Å². The molecule has 0 radical (unpaired) electrons. The first-order valence-corrected chi connectivity index (χ1v) is 18.0. The smallest absolute Gasteiger partial charge is 0.0709 e. The third-order valence-electron chi connectivity index (χ3n) is 10.5. The normalized spacial score (nSPS) is 16.9. The van der Waals surface area contributed by atoms with Crippen LogP contribution in [0.4, 0.5) is 17.1 Å². The van der Waals surface area contributed by atoms with Gasteiger partial charge in [0.25, 0.3) is 0 Å². The first-order chi connectivity index (χ1) is 25.7. The summed E-state index contributed by atoms with van der Waals surface area (Å²) in [6.07, 6.45) is 11.5. The van der Waals surface area contributed by atoms with Crippen LogP contribution >= 0.6 is 0 Å². The van der Waals surface area contributed by atoms with Gasteiger partial charge in [-0.15, -0.1) is 0 Å². The number of hydrogen-bond acceptors (Lipinski definition) is 3. The van der Waals surface area contributed by atoms with Crippen LogP contribution in [0.1, 0.15) is 22.7 Å². The fourth-order valence-electron chi connectivity index (χ4n) is 7.62. The Balaban J connectivity index is 0.990. The fourth-order valence-corrected chi connectivity index (χ4v) is 7.62. The predicted octanol–water partition coefficient (Wildman–Crippen LogP) is 12.4. The lowest BCUT2D eigenvalue weighted by molar-refractivity contribution is 0.967. The van der Waals surface area contributed by atoms with Crippen molar-refractivity contribution in [1.29, 1.82) is 0 Å². The van der Waals surface area contributed by atoms with Crippen LogP contribution in [0, 0.1) is 5.92 Å². The average molecular weight is 666 g/mol. The van der Waals surface area contributed by atoms with Gasteiger partial charge in [0.15, 0.2) is 0 Å². The van der Waals surface area contributed by atoms with Crippen molar-refractivity contribution in [2.24, 2.45) is 5.92 Å². The Morgan fingerprint density at radius 2 is 1.21 bits per heavy atom. The van der Waals surface area contributed by atoms with Crippen molar-refractivity contribution >= 4 is 39.6 Å². The zero-order valence-electron chi connectivity index (χ0n) is 28.5. The average Bonchev–Trinajstić information content (AvgIpc) is 4.03. The molecule has 2 aliphatic carbocycles. The number of allylic oxidation sites excluding steroid dienone is 4. The molecule has 1 aromatic heterocycles. The van der Waals surface area contributed by atoms with E-state index in [1.165, 1.54) is 50.3 Å². The molecular formula is C49H35N3. The molecule has 3 heteroatoms. The lowest BCUT2D eigenvalue weighted by Crippen LogP contribution is -2.20. The van der Waals surface area contributed by atoms with Crippen molar-refractivity contribution < 1.29 is 0 Å². The summed E-state index contributed by atoms with van der Waals surface area (Å²) in [6, 6.07) is 58.6. The molecule has 2 atom stereocenters. The Labute approximate surface area is 304 Å². The first-order valence-electron chi connectivity index (χ1n) is 18.0. The summed E-state index contributed by atoms with van der Waals surface area (Å²) in [6.45, 7) is 0. The van der Waals surface area contributed by atoms with Gasteiger partial charge < -0.3 is 10.2 Å². The number of para-hydroxylation sites is 2. The van der Waals surface area contributed by atoms with Crippen LogP contribution in [0.25, 0.3) is 44.9 Å². The third kappa shape index (κ3) is 5.53. The minimum Gasteiger partial charge on any atom is -0.374 e. The van der Waals surface area contributed by atoms with E-state index in [2.05, 4.69) is 198 Å². The lowest BCUT2D eigenvalue weighted by atomic mass is 9.93. The molecule has 7 aromatic rings. The molecule has 2 heterocycles. The Morgan fingerprint density at radius 3 is 2.04 bits per heavy atom. The van der Waals surface area contributed by atoms with E-state index in [4.69, 9.17) is 4.98 Å². The van der Waals surface area contributed by atoms with Crippen molar-refractivity contribution in [2.75, 3.05) is 10.2 Å². The summed E-state index contributed by atoms with van der Waals surface area (Å²) in [5, 5.41) is 4.85. The Hall–Kier alpha value is -6.71. The van der Waals surface area contributed by atoms with Gasteiger partial charge in [-0.2, -0.15) is 0 Å². The van der Waals surface area contributed by atoms with Crippen molar-refractivity contribution in [3.8, 4) is 22.4 Å². The summed E-state index contributed by atoms with van der Waals surface area (Å²) in [4.78, 5) is 7.38. The van der Waals surface area contributed by atoms with E-state index in [0.717, 1.165) is 33.5 Å². The molecular weight excluding hydrogens is 631 g/mol.